The summed E-state index contributed by atoms with van der Waals surface area (Å²) in [6.45, 7) is 7.92. The molecule has 0 saturated carbocycles. The number of ether oxygens (including phenoxy) is 1. The standard InChI is InChI=1S/C18H16N6O2/c1-9-18(2,3)26-13-5-4-10(8-12(13)20-9)24-14-11-6-7-19-15(11)22-23-16(14)21-17(24)25/h4-8,20H,1H2,2-3H3,(H,19,22)(H,21,23,25). The van der Waals surface area contributed by atoms with Crippen LogP contribution >= 0.6 is 0 Å². The molecule has 0 bridgehead atoms. The van der Waals surface area contributed by atoms with Crippen LogP contribution in [0.15, 0.2) is 47.5 Å². The van der Waals surface area contributed by atoms with Gasteiger partial charge in [-0.1, -0.05) is 6.58 Å². The lowest BCUT2D eigenvalue weighted by molar-refractivity contribution is 0.144. The summed E-state index contributed by atoms with van der Waals surface area (Å²) in [4.78, 5) is 18.4. The van der Waals surface area contributed by atoms with E-state index in [-0.39, 0.29) is 5.69 Å². The van der Waals surface area contributed by atoms with E-state index in [0.717, 1.165) is 16.8 Å². The lowest BCUT2D eigenvalue weighted by Gasteiger charge is -2.35. The minimum Gasteiger partial charge on any atom is -0.479 e. The number of imidazole rings is 1. The molecule has 8 nitrogen and oxygen atoms in total. The molecule has 0 aliphatic carbocycles. The summed E-state index contributed by atoms with van der Waals surface area (Å²) in [5, 5.41) is 12.3. The molecule has 26 heavy (non-hydrogen) atoms. The largest absolute Gasteiger partial charge is 0.479 e. The van der Waals surface area contributed by atoms with Crippen molar-refractivity contribution in [3.63, 3.8) is 0 Å². The van der Waals surface area contributed by atoms with Crippen molar-refractivity contribution < 1.29 is 4.74 Å². The minimum absolute atomic E-state index is 0.279. The molecular formula is C18H16N6O2. The number of aromatic amines is 2. The Bertz CT molecular complexity index is 1260. The fourth-order valence-electron chi connectivity index (χ4n) is 3.22. The number of fused-ring (bicyclic) bond motifs is 4. The predicted molar refractivity (Wildman–Crippen MR) is 98.8 cm³/mol. The highest BCUT2D eigenvalue weighted by molar-refractivity contribution is 6.00. The molecule has 5 rings (SSSR count). The molecule has 0 radical (unpaired) electrons. The molecule has 0 atom stereocenters. The monoisotopic (exact) mass is 348 g/mol. The van der Waals surface area contributed by atoms with Gasteiger partial charge in [0.2, 0.25) is 0 Å². The summed E-state index contributed by atoms with van der Waals surface area (Å²) in [6, 6.07) is 7.43. The van der Waals surface area contributed by atoms with E-state index in [0.29, 0.717) is 28.2 Å². The number of aromatic nitrogens is 5. The lowest BCUT2D eigenvalue weighted by Crippen LogP contribution is -2.37. The van der Waals surface area contributed by atoms with Gasteiger partial charge in [-0.2, -0.15) is 0 Å². The van der Waals surface area contributed by atoms with Gasteiger partial charge in [-0.15, -0.1) is 10.2 Å². The Labute approximate surface area is 147 Å². The zero-order valence-electron chi connectivity index (χ0n) is 14.3. The smallest absolute Gasteiger partial charge is 0.332 e. The third kappa shape index (κ3) is 1.92. The van der Waals surface area contributed by atoms with Crippen LogP contribution in [0.25, 0.3) is 27.9 Å². The number of nitrogens with zero attached hydrogens (tertiary/aromatic N) is 3. The second-order valence-corrected chi connectivity index (χ2v) is 6.80. The fourth-order valence-corrected chi connectivity index (χ4v) is 3.22. The molecule has 130 valence electrons. The van der Waals surface area contributed by atoms with Crippen LogP contribution in [-0.2, 0) is 0 Å². The third-order valence-corrected chi connectivity index (χ3v) is 4.71. The molecule has 0 spiro atoms. The van der Waals surface area contributed by atoms with E-state index in [9.17, 15) is 4.79 Å². The molecule has 1 aliphatic heterocycles. The summed E-state index contributed by atoms with van der Waals surface area (Å²) in [5.74, 6) is 0.714. The average Bonchev–Trinajstić information content (AvgIpc) is 3.18. The molecule has 0 amide bonds. The van der Waals surface area contributed by atoms with Crippen LogP contribution in [0.1, 0.15) is 13.8 Å². The zero-order chi connectivity index (χ0) is 18.1. The molecule has 0 fully saturated rings. The average molecular weight is 348 g/mol. The van der Waals surface area contributed by atoms with Crippen molar-refractivity contribution in [2.75, 3.05) is 5.32 Å². The first kappa shape index (κ1) is 14.8. The summed E-state index contributed by atoms with van der Waals surface area (Å²) in [5.41, 5.74) is 3.18. The maximum absolute atomic E-state index is 12.6. The van der Waals surface area contributed by atoms with Gasteiger partial charge in [0.1, 0.15) is 16.9 Å². The Kier molecular flexibility index (Phi) is 2.70. The maximum atomic E-state index is 12.6. The van der Waals surface area contributed by atoms with Crippen LogP contribution in [0, 0.1) is 0 Å². The van der Waals surface area contributed by atoms with Gasteiger partial charge < -0.3 is 15.0 Å². The molecule has 4 heterocycles. The first-order valence-electron chi connectivity index (χ1n) is 8.18. The second kappa shape index (κ2) is 4.75. The van der Waals surface area contributed by atoms with Crippen molar-refractivity contribution in [2.24, 2.45) is 0 Å². The van der Waals surface area contributed by atoms with Gasteiger partial charge in [0.15, 0.2) is 11.3 Å². The molecule has 8 heteroatoms. The number of H-pyrrole nitrogens is 2. The van der Waals surface area contributed by atoms with Crippen LogP contribution in [0.5, 0.6) is 5.75 Å². The summed E-state index contributed by atoms with van der Waals surface area (Å²) < 4.78 is 7.58. The number of rotatable bonds is 1. The van der Waals surface area contributed by atoms with E-state index in [1.165, 1.54) is 0 Å². The third-order valence-electron chi connectivity index (χ3n) is 4.71. The Balaban J connectivity index is 1.76. The van der Waals surface area contributed by atoms with Gasteiger partial charge in [-0.3, -0.25) is 9.55 Å². The van der Waals surface area contributed by atoms with E-state index in [4.69, 9.17) is 4.74 Å². The van der Waals surface area contributed by atoms with Crippen molar-refractivity contribution in [2.45, 2.75) is 19.4 Å². The highest BCUT2D eigenvalue weighted by atomic mass is 16.5. The SMILES string of the molecule is C=C1Nc2cc(-n3c(=O)[nH]c4nnc5[nH]ccc5c43)ccc2OC1(C)C. The highest BCUT2D eigenvalue weighted by Crippen LogP contribution is 2.38. The quantitative estimate of drug-likeness (QED) is 0.491. The molecule has 4 aromatic rings. The Morgan fingerprint density at radius 2 is 2.00 bits per heavy atom. The fraction of sp³-hybridized carbons (Fsp3) is 0.167. The minimum atomic E-state index is -0.501. The van der Waals surface area contributed by atoms with E-state index in [1.807, 2.05) is 38.1 Å². The van der Waals surface area contributed by atoms with Crippen molar-refractivity contribution in [3.8, 4) is 11.4 Å². The topological polar surface area (TPSA) is 101 Å². The number of anilines is 1. The molecule has 0 unspecified atom stereocenters. The predicted octanol–water partition coefficient (Wildman–Crippen LogP) is 2.69. The number of hydrogen-bond donors (Lipinski definition) is 3. The van der Waals surface area contributed by atoms with E-state index >= 15 is 0 Å². The molecule has 3 aromatic heterocycles. The van der Waals surface area contributed by atoms with Crippen molar-refractivity contribution in [1.82, 2.24) is 24.7 Å². The molecule has 1 aliphatic rings. The lowest BCUT2D eigenvalue weighted by atomic mass is 10.0. The first-order valence-corrected chi connectivity index (χ1v) is 8.18. The van der Waals surface area contributed by atoms with Crippen LogP contribution in [0.2, 0.25) is 0 Å². The van der Waals surface area contributed by atoms with Crippen LogP contribution in [0.4, 0.5) is 5.69 Å². The van der Waals surface area contributed by atoms with Crippen molar-refractivity contribution >= 4 is 27.9 Å². The van der Waals surface area contributed by atoms with E-state index in [1.54, 1.807) is 10.8 Å². The summed E-state index contributed by atoms with van der Waals surface area (Å²) >= 11 is 0. The first-order chi connectivity index (χ1) is 12.4. The van der Waals surface area contributed by atoms with Gasteiger partial charge in [-0.05, 0) is 38.1 Å². The number of nitrogens with one attached hydrogen (secondary N) is 3. The Morgan fingerprint density at radius 1 is 1.19 bits per heavy atom. The van der Waals surface area contributed by atoms with Crippen LogP contribution in [-0.4, -0.2) is 30.3 Å². The van der Waals surface area contributed by atoms with Gasteiger partial charge >= 0.3 is 5.69 Å². The normalized spacial score (nSPS) is 15.7. The second-order valence-electron chi connectivity index (χ2n) is 6.80. The van der Waals surface area contributed by atoms with Gasteiger partial charge in [-0.25, -0.2) is 4.79 Å². The van der Waals surface area contributed by atoms with Gasteiger partial charge in [0, 0.05) is 11.6 Å². The number of hydrogen-bond acceptors (Lipinski definition) is 5. The van der Waals surface area contributed by atoms with Gasteiger partial charge in [0.05, 0.1) is 17.1 Å². The van der Waals surface area contributed by atoms with E-state index in [2.05, 4.69) is 32.1 Å². The zero-order valence-corrected chi connectivity index (χ0v) is 14.3. The van der Waals surface area contributed by atoms with Gasteiger partial charge in [0.25, 0.3) is 0 Å². The van der Waals surface area contributed by atoms with Crippen molar-refractivity contribution in [1.29, 1.82) is 0 Å². The Hall–Kier alpha value is -3.55. The number of benzene rings is 1. The van der Waals surface area contributed by atoms with Crippen LogP contribution < -0.4 is 15.7 Å². The molecule has 1 aromatic carbocycles. The van der Waals surface area contributed by atoms with E-state index < -0.39 is 5.60 Å². The molecule has 3 N–H and O–H groups in total. The summed E-state index contributed by atoms with van der Waals surface area (Å²) in [7, 11) is 0. The molecular weight excluding hydrogens is 332 g/mol. The van der Waals surface area contributed by atoms with Crippen molar-refractivity contribution in [3.05, 3.63) is 53.2 Å². The Morgan fingerprint density at radius 3 is 2.85 bits per heavy atom. The molecule has 0 saturated heterocycles. The maximum Gasteiger partial charge on any atom is 0.332 e. The highest BCUT2D eigenvalue weighted by Gasteiger charge is 2.30. The van der Waals surface area contributed by atoms with Crippen LogP contribution in [0.3, 0.4) is 0 Å². The summed E-state index contributed by atoms with van der Waals surface area (Å²) in [6.07, 6.45) is 1.77.